The van der Waals surface area contributed by atoms with E-state index < -0.39 is 17.8 Å². The maximum Gasteiger partial charge on any atom is 0.0811 e. The first-order valence-corrected chi connectivity index (χ1v) is 13.4. The molecule has 2 fully saturated rings. The largest absolute Gasteiger partial charge is 0.393 e. The van der Waals surface area contributed by atoms with E-state index in [1.807, 2.05) is 13.8 Å². The Kier molecular flexibility index (Phi) is 8.86. The molecule has 0 aromatic heterocycles. The summed E-state index contributed by atoms with van der Waals surface area (Å²) in [6.45, 7) is 12.7. The molecule has 0 aromatic carbocycles. The van der Waals surface area contributed by atoms with Gasteiger partial charge in [0.15, 0.2) is 0 Å². The molecule has 0 amide bonds. The average molecular weight is 457 g/mol. The molecule has 3 rings (SSSR count). The third-order valence-corrected chi connectivity index (χ3v) is 8.56. The van der Waals surface area contributed by atoms with E-state index in [-0.39, 0.29) is 5.41 Å². The molecular weight excluding hydrogens is 408 g/mol. The number of hydrogen-bond donors (Lipinski definition) is 3. The predicted molar refractivity (Wildman–Crippen MR) is 138 cm³/mol. The average Bonchev–Trinajstić information content (AvgIpc) is 3.08. The van der Waals surface area contributed by atoms with Gasteiger partial charge in [0.2, 0.25) is 0 Å². The third kappa shape index (κ3) is 6.50. The first kappa shape index (κ1) is 26.4. The molecule has 0 aromatic rings. The van der Waals surface area contributed by atoms with E-state index in [9.17, 15) is 15.3 Å². The second-order valence-corrected chi connectivity index (χ2v) is 11.8. The Balaban J connectivity index is 1.77. The zero-order chi connectivity index (χ0) is 24.2. The van der Waals surface area contributed by atoms with Crippen LogP contribution in [0.4, 0.5) is 0 Å². The van der Waals surface area contributed by atoms with Crippen molar-refractivity contribution in [2.45, 2.75) is 123 Å². The van der Waals surface area contributed by atoms with Gasteiger partial charge in [0.05, 0.1) is 17.8 Å². The first-order valence-electron chi connectivity index (χ1n) is 13.4. The monoisotopic (exact) mass is 456 g/mol. The van der Waals surface area contributed by atoms with Crippen molar-refractivity contribution in [3.8, 4) is 0 Å². The smallest absolute Gasteiger partial charge is 0.0811 e. The van der Waals surface area contributed by atoms with E-state index in [2.05, 4.69) is 38.7 Å². The zero-order valence-electron chi connectivity index (χ0n) is 21.6. The Hall–Kier alpha value is -1.16. The van der Waals surface area contributed by atoms with Crippen LogP contribution in [0.1, 0.15) is 105 Å². The summed E-state index contributed by atoms with van der Waals surface area (Å²) in [5.74, 6) is 1.19. The second-order valence-electron chi connectivity index (χ2n) is 11.8. The van der Waals surface area contributed by atoms with Crippen molar-refractivity contribution >= 4 is 0 Å². The summed E-state index contributed by atoms with van der Waals surface area (Å²) < 4.78 is 0. The van der Waals surface area contributed by atoms with Gasteiger partial charge < -0.3 is 15.3 Å². The normalized spacial score (nSPS) is 34.0. The van der Waals surface area contributed by atoms with Gasteiger partial charge in [-0.15, -0.1) is 0 Å². The summed E-state index contributed by atoms with van der Waals surface area (Å²) in [5.41, 5.74) is 4.63. The number of allylic oxidation sites excluding steroid dienone is 5. The summed E-state index contributed by atoms with van der Waals surface area (Å²) in [7, 11) is 0. The minimum absolute atomic E-state index is 0.234. The van der Waals surface area contributed by atoms with E-state index in [0.717, 1.165) is 36.8 Å². The lowest BCUT2D eigenvalue weighted by atomic mass is 9.61. The highest BCUT2D eigenvalue weighted by atomic mass is 16.3. The van der Waals surface area contributed by atoms with Gasteiger partial charge in [-0.2, -0.15) is 0 Å². The van der Waals surface area contributed by atoms with Crippen molar-refractivity contribution in [3.63, 3.8) is 0 Å². The Bertz CT molecular complexity index is 781. The van der Waals surface area contributed by atoms with Crippen LogP contribution in [0.15, 0.2) is 47.1 Å². The molecule has 0 aliphatic heterocycles. The topological polar surface area (TPSA) is 60.7 Å². The molecule has 186 valence electrons. The van der Waals surface area contributed by atoms with Gasteiger partial charge in [-0.3, -0.25) is 0 Å². The minimum atomic E-state index is -0.627. The molecule has 0 radical (unpaired) electrons. The molecule has 5 atom stereocenters. The van der Waals surface area contributed by atoms with Crippen LogP contribution in [0.25, 0.3) is 0 Å². The van der Waals surface area contributed by atoms with Gasteiger partial charge >= 0.3 is 0 Å². The van der Waals surface area contributed by atoms with E-state index in [4.69, 9.17) is 0 Å². The van der Waals surface area contributed by atoms with Gasteiger partial charge in [-0.1, -0.05) is 69.1 Å². The molecule has 0 heterocycles. The Labute approximate surface area is 202 Å². The maximum absolute atomic E-state index is 10.2. The summed E-state index contributed by atoms with van der Waals surface area (Å²) in [6.07, 6.45) is 18.5. The van der Waals surface area contributed by atoms with Crippen molar-refractivity contribution in [3.05, 3.63) is 47.1 Å². The lowest BCUT2D eigenvalue weighted by Gasteiger charge is -2.43. The number of aliphatic hydroxyl groups excluding tert-OH is 2. The second kappa shape index (κ2) is 11.1. The van der Waals surface area contributed by atoms with Crippen LogP contribution in [0.3, 0.4) is 0 Å². The van der Waals surface area contributed by atoms with Crippen LogP contribution in [0.2, 0.25) is 0 Å². The number of fused-ring (bicyclic) bond motifs is 1. The third-order valence-electron chi connectivity index (χ3n) is 8.56. The molecule has 0 unspecified atom stereocenters. The van der Waals surface area contributed by atoms with E-state index >= 15 is 0 Å². The lowest BCUT2D eigenvalue weighted by molar-refractivity contribution is 0.0666. The van der Waals surface area contributed by atoms with Crippen molar-refractivity contribution in [2.75, 3.05) is 0 Å². The SMILES string of the molecule is C=C1/C(=C\C=C2/CCC[C@]3(C)C([C@@H](CCCC)CCCC(C)(C)O)=CC[C@@H]23)C[C@@H](O)C[C@@H]1O. The van der Waals surface area contributed by atoms with E-state index in [1.54, 1.807) is 5.57 Å². The van der Waals surface area contributed by atoms with Crippen molar-refractivity contribution in [2.24, 2.45) is 17.3 Å². The minimum Gasteiger partial charge on any atom is -0.393 e. The van der Waals surface area contributed by atoms with Gasteiger partial charge in [-0.25, -0.2) is 0 Å². The fraction of sp³-hybridized carbons (Fsp3) is 0.733. The zero-order valence-corrected chi connectivity index (χ0v) is 21.6. The Morgan fingerprint density at radius 2 is 1.94 bits per heavy atom. The van der Waals surface area contributed by atoms with Crippen LogP contribution in [-0.4, -0.2) is 33.1 Å². The number of aliphatic hydroxyl groups is 3. The van der Waals surface area contributed by atoms with Gasteiger partial charge in [-0.05, 0) is 93.6 Å². The fourth-order valence-electron chi connectivity index (χ4n) is 6.64. The van der Waals surface area contributed by atoms with Crippen LogP contribution in [-0.2, 0) is 0 Å². The van der Waals surface area contributed by atoms with Crippen LogP contribution < -0.4 is 0 Å². The van der Waals surface area contributed by atoms with Gasteiger partial charge in [0.25, 0.3) is 0 Å². The van der Waals surface area contributed by atoms with Crippen molar-refractivity contribution in [1.82, 2.24) is 0 Å². The molecule has 3 aliphatic carbocycles. The maximum atomic E-state index is 10.2. The molecule has 3 heteroatoms. The lowest BCUT2D eigenvalue weighted by Crippen LogP contribution is -2.33. The van der Waals surface area contributed by atoms with Gasteiger partial charge in [0.1, 0.15) is 0 Å². The molecule has 3 aliphatic rings. The highest BCUT2D eigenvalue weighted by Crippen LogP contribution is 2.57. The molecule has 0 spiro atoms. The molecule has 0 saturated heterocycles. The molecule has 3 N–H and O–H groups in total. The summed E-state index contributed by atoms with van der Waals surface area (Å²) in [4.78, 5) is 0. The Morgan fingerprint density at radius 3 is 2.64 bits per heavy atom. The van der Waals surface area contributed by atoms with Crippen molar-refractivity contribution < 1.29 is 15.3 Å². The highest BCUT2D eigenvalue weighted by Gasteiger charge is 2.46. The molecule has 3 nitrogen and oxygen atoms in total. The summed E-state index contributed by atoms with van der Waals surface area (Å²) in [5, 5.41) is 30.5. The first-order chi connectivity index (χ1) is 15.5. The van der Waals surface area contributed by atoms with Crippen LogP contribution >= 0.6 is 0 Å². The highest BCUT2D eigenvalue weighted by molar-refractivity contribution is 5.40. The molecular formula is C30H48O3. The summed E-state index contributed by atoms with van der Waals surface area (Å²) >= 11 is 0. The Morgan fingerprint density at radius 1 is 1.21 bits per heavy atom. The van der Waals surface area contributed by atoms with E-state index in [1.165, 1.54) is 44.1 Å². The molecule has 0 bridgehead atoms. The van der Waals surface area contributed by atoms with E-state index in [0.29, 0.717) is 24.7 Å². The molecule has 2 saturated carbocycles. The van der Waals surface area contributed by atoms with Gasteiger partial charge in [0, 0.05) is 6.42 Å². The molecule has 33 heavy (non-hydrogen) atoms. The quantitative estimate of drug-likeness (QED) is 0.335. The standard InChI is InChI=1S/C30H48O3/c1-6-7-10-22(11-8-17-29(3,4)33)26-15-16-27-23(12-9-18-30(26,27)5)13-14-24-19-25(31)20-28(32)21(24)2/h13-15,22,25,27-28,31-33H,2,6-12,16-20H2,1,3-5H3/b23-13+,24-14-/t22-,25+,27-,28-,30+/m0/s1. The van der Waals surface area contributed by atoms with Crippen LogP contribution in [0, 0.1) is 17.3 Å². The predicted octanol–water partition coefficient (Wildman–Crippen LogP) is 6.80. The number of hydrogen-bond acceptors (Lipinski definition) is 3. The fourth-order valence-corrected chi connectivity index (χ4v) is 6.64. The van der Waals surface area contributed by atoms with Crippen LogP contribution in [0.5, 0.6) is 0 Å². The number of rotatable bonds is 9. The van der Waals surface area contributed by atoms with Crippen molar-refractivity contribution in [1.29, 1.82) is 0 Å². The number of unbranched alkanes of at least 4 members (excludes halogenated alkanes) is 1. The summed E-state index contributed by atoms with van der Waals surface area (Å²) in [6, 6.07) is 0.